The minimum Gasteiger partial charge on any atom is -0.493 e. The molecule has 0 saturated carbocycles. The number of ether oxygens (including phenoxy) is 2. The lowest BCUT2D eigenvalue weighted by atomic mass is 10.1. The summed E-state index contributed by atoms with van der Waals surface area (Å²) >= 11 is 2.14. The number of carbonyl (C=O) groups excluding carboxylic acids is 1. The Hall–Kier alpha value is -1.76. The number of carbonyl (C=O) groups is 1. The van der Waals surface area contributed by atoms with Crippen molar-refractivity contribution in [3.63, 3.8) is 0 Å². The molecular weight excluding hydrogens is 405 g/mol. The van der Waals surface area contributed by atoms with Crippen molar-refractivity contribution in [2.24, 2.45) is 0 Å². The highest BCUT2D eigenvalue weighted by Crippen LogP contribution is 2.34. The number of para-hydroxylation sites is 1. The van der Waals surface area contributed by atoms with E-state index in [9.17, 15) is 4.79 Å². The molecule has 2 aromatic rings. The van der Waals surface area contributed by atoms with Gasteiger partial charge < -0.3 is 14.8 Å². The van der Waals surface area contributed by atoms with Gasteiger partial charge in [-0.05, 0) is 59.2 Å². The van der Waals surface area contributed by atoms with Crippen LogP contribution in [0.2, 0.25) is 0 Å². The fourth-order valence-electron chi connectivity index (χ4n) is 2.44. The Morgan fingerprint density at radius 1 is 1.22 bits per heavy atom. The number of anilines is 1. The highest BCUT2D eigenvalue weighted by atomic mass is 127. The molecule has 0 saturated heterocycles. The van der Waals surface area contributed by atoms with Gasteiger partial charge in [0.15, 0.2) is 11.5 Å². The summed E-state index contributed by atoms with van der Waals surface area (Å²) in [7, 11) is 3.15. The number of benzene rings is 2. The van der Waals surface area contributed by atoms with Crippen molar-refractivity contribution < 1.29 is 14.3 Å². The third kappa shape index (κ3) is 3.77. The topological polar surface area (TPSA) is 47.6 Å². The Morgan fingerprint density at radius 2 is 1.96 bits per heavy atom. The summed E-state index contributed by atoms with van der Waals surface area (Å²) in [5.41, 5.74) is 3.59. The molecule has 0 aromatic heterocycles. The second-order valence-electron chi connectivity index (χ2n) is 5.11. The number of rotatable bonds is 5. The van der Waals surface area contributed by atoms with Gasteiger partial charge in [-0.1, -0.05) is 25.1 Å². The zero-order valence-electron chi connectivity index (χ0n) is 13.7. The molecule has 0 heterocycles. The number of hydrogen-bond acceptors (Lipinski definition) is 3. The first-order valence-corrected chi connectivity index (χ1v) is 8.41. The van der Waals surface area contributed by atoms with E-state index in [-0.39, 0.29) is 5.91 Å². The normalized spacial score (nSPS) is 10.3. The molecule has 2 aromatic carbocycles. The Labute approximate surface area is 150 Å². The average Bonchev–Trinajstić information content (AvgIpc) is 2.55. The predicted octanol–water partition coefficient (Wildman–Crippen LogP) is 4.43. The van der Waals surface area contributed by atoms with Crippen LogP contribution >= 0.6 is 22.6 Å². The van der Waals surface area contributed by atoms with E-state index < -0.39 is 0 Å². The van der Waals surface area contributed by atoms with Crippen LogP contribution in [0.4, 0.5) is 5.69 Å². The molecule has 0 aliphatic heterocycles. The van der Waals surface area contributed by atoms with Crippen LogP contribution in [0.3, 0.4) is 0 Å². The molecule has 0 spiro atoms. The molecule has 5 heteroatoms. The van der Waals surface area contributed by atoms with Crippen LogP contribution in [0.15, 0.2) is 30.3 Å². The van der Waals surface area contributed by atoms with Gasteiger partial charge in [0, 0.05) is 11.3 Å². The molecule has 0 aliphatic rings. The zero-order valence-corrected chi connectivity index (χ0v) is 15.9. The monoisotopic (exact) mass is 425 g/mol. The van der Waals surface area contributed by atoms with E-state index in [4.69, 9.17) is 9.47 Å². The first-order valence-electron chi connectivity index (χ1n) is 7.33. The van der Waals surface area contributed by atoms with Gasteiger partial charge in [0.1, 0.15) is 0 Å². The lowest BCUT2D eigenvalue weighted by Gasteiger charge is -2.15. The van der Waals surface area contributed by atoms with Gasteiger partial charge in [0.05, 0.1) is 17.8 Å². The number of amides is 1. The van der Waals surface area contributed by atoms with Crippen molar-refractivity contribution in [2.75, 3.05) is 19.5 Å². The van der Waals surface area contributed by atoms with Gasteiger partial charge in [-0.25, -0.2) is 0 Å². The molecule has 1 amide bonds. The van der Waals surface area contributed by atoms with E-state index >= 15 is 0 Å². The summed E-state index contributed by atoms with van der Waals surface area (Å²) in [6.45, 7) is 4.07. The molecule has 4 nitrogen and oxygen atoms in total. The highest BCUT2D eigenvalue weighted by Gasteiger charge is 2.16. The van der Waals surface area contributed by atoms with Crippen molar-refractivity contribution in [1.29, 1.82) is 0 Å². The second-order valence-corrected chi connectivity index (χ2v) is 6.27. The van der Waals surface area contributed by atoms with Crippen LogP contribution in [0, 0.1) is 10.5 Å². The lowest BCUT2D eigenvalue weighted by molar-refractivity contribution is 0.102. The molecule has 0 fully saturated rings. The van der Waals surface area contributed by atoms with Crippen LogP contribution in [-0.4, -0.2) is 20.1 Å². The molecular formula is C18H20INO3. The van der Waals surface area contributed by atoms with Gasteiger partial charge in [-0.2, -0.15) is 0 Å². The summed E-state index contributed by atoms with van der Waals surface area (Å²) in [6, 6.07) is 9.51. The van der Waals surface area contributed by atoms with Gasteiger partial charge >= 0.3 is 0 Å². The Morgan fingerprint density at radius 3 is 2.57 bits per heavy atom. The van der Waals surface area contributed by atoms with Crippen molar-refractivity contribution in [3.8, 4) is 11.5 Å². The highest BCUT2D eigenvalue weighted by molar-refractivity contribution is 14.1. The third-order valence-corrected chi connectivity index (χ3v) is 4.48. The maximum atomic E-state index is 12.6. The van der Waals surface area contributed by atoms with Gasteiger partial charge in [0.25, 0.3) is 5.91 Å². The molecule has 0 bridgehead atoms. The lowest BCUT2D eigenvalue weighted by Crippen LogP contribution is -2.15. The molecule has 0 atom stereocenters. The molecule has 1 N–H and O–H groups in total. The summed E-state index contributed by atoms with van der Waals surface area (Å²) in [5.74, 6) is 1.02. The maximum Gasteiger partial charge on any atom is 0.255 e. The molecule has 0 aliphatic carbocycles. The summed E-state index contributed by atoms with van der Waals surface area (Å²) in [6.07, 6.45) is 0.862. The van der Waals surface area contributed by atoms with Crippen LogP contribution < -0.4 is 14.8 Å². The zero-order chi connectivity index (χ0) is 17.0. The molecule has 23 heavy (non-hydrogen) atoms. The number of hydrogen-bond donors (Lipinski definition) is 1. The van der Waals surface area contributed by atoms with E-state index in [1.54, 1.807) is 26.4 Å². The quantitative estimate of drug-likeness (QED) is 0.722. The van der Waals surface area contributed by atoms with Crippen LogP contribution in [-0.2, 0) is 6.42 Å². The summed E-state index contributed by atoms with van der Waals surface area (Å²) < 4.78 is 11.5. The number of halogens is 1. The van der Waals surface area contributed by atoms with Crippen molar-refractivity contribution in [3.05, 3.63) is 50.6 Å². The second kappa shape index (κ2) is 7.68. The maximum absolute atomic E-state index is 12.6. The minimum atomic E-state index is -0.159. The smallest absolute Gasteiger partial charge is 0.255 e. The van der Waals surface area contributed by atoms with Gasteiger partial charge in [-0.3, -0.25) is 4.79 Å². The van der Waals surface area contributed by atoms with E-state index in [1.807, 2.05) is 25.1 Å². The molecule has 122 valence electrons. The molecule has 0 radical (unpaired) electrons. The first-order chi connectivity index (χ1) is 11.0. The standard InChI is InChI=1S/C18H20INO3/c1-5-12-8-6-7-11(2)16(12)20-18(21)13-9-14(19)17(23-4)15(10-13)22-3/h6-10H,5H2,1-4H3,(H,20,21). The Kier molecular flexibility index (Phi) is 5.87. The van der Waals surface area contributed by atoms with E-state index in [2.05, 4.69) is 34.8 Å². The first kappa shape index (κ1) is 17.6. The number of nitrogens with one attached hydrogen (secondary N) is 1. The number of aryl methyl sites for hydroxylation is 2. The largest absolute Gasteiger partial charge is 0.493 e. The Bertz CT molecular complexity index is 728. The summed E-state index contributed by atoms with van der Waals surface area (Å²) in [5, 5.41) is 3.02. The SMILES string of the molecule is CCc1cccc(C)c1NC(=O)c1cc(I)c(OC)c(OC)c1. The molecule has 0 unspecified atom stereocenters. The van der Waals surface area contributed by atoms with Gasteiger partial charge in [0.2, 0.25) is 0 Å². The Balaban J connectivity index is 2.37. The van der Waals surface area contributed by atoms with E-state index in [1.165, 1.54) is 0 Å². The fourth-order valence-corrected chi connectivity index (χ4v) is 3.26. The van der Waals surface area contributed by atoms with Crippen LogP contribution in [0.5, 0.6) is 11.5 Å². The minimum absolute atomic E-state index is 0.159. The summed E-state index contributed by atoms with van der Waals surface area (Å²) in [4.78, 5) is 12.6. The fraction of sp³-hybridized carbons (Fsp3) is 0.278. The van der Waals surface area contributed by atoms with E-state index in [0.29, 0.717) is 17.1 Å². The average molecular weight is 425 g/mol. The van der Waals surface area contributed by atoms with Crippen molar-refractivity contribution in [2.45, 2.75) is 20.3 Å². The van der Waals surface area contributed by atoms with Crippen LogP contribution in [0.25, 0.3) is 0 Å². The van der Waals surface area contributed by atoms with Crippen molar-refractivity contribution >= 4 is 34.2 Å². The number of methoxy groups -OCH3 is 2. The van der Waals surface area contributed by atoms with E-state index in [0.717, 1.165) is 26.8 Å². The molecule has 2 rings (SSSR count). The van der Waals surface area contributed by atoms with Crippen molar-refractivity contribution in [1.82, 2.24) is 0 Å². The predicted molar refractivity (Wildman–Crippen MR) is 101 cm³/mol. The van der Waals surface area contributed by atoms with Gasteiger partial charge in [-0.15, -0.1) is 0 Å². The van der Waals surface area contributed by atoms with Crippen LogP contribution in [0.1, 0.15) is 28.4 Å². The third-order valence-electron chi connectivity index (χ3n) is 3.67.